The van der Waals surface area contributed by atoms with Crippen molar-refractivity contribution in [3.8, 4) is 11.3 Å². The van der Waals surface area contributed by atoms with Gasteiger partial charge in [-0.1, -0.05) is 64.1 Å². The van der Waals surface area contributed by atoms with Gasteiger partial charge in [-0.2, -0.15) is 0 Å². The van der Waals surface area contributed by atoms with E-state index >= 15 is 0 Å². The average Bonchev–Trinajstić information content (AvgIpc) is 2.64. The van der Waals surface area contributed by atoms with E-state index in [2.05, 4.69) is 75.2 Å². The maximum atomic E-state index is 4.67. The Morgan fingerprint density at radius 2 is 1.38 bits per heavy atom. The number of hydrogen-bond acceptors (Lipinski definition) is 1. The zero-order chi connectivity index (χ0) is 17.4. The zero-order valence-corrected chi connectivity index (χ0v) is 15.5. The Labute approximate surface area is 147 Å². The van der Waals surface area contributed by atoms with Gasteiger partial charge >= 0.3 is 0 Å². The van der Waals surface area contributed by atoms with Crippen molar-refractivity contribution in [2.45, 2.75) is 53.4 Å². The van der Waals surface area contributed by atoms with Crippen LogP contribution in [0.15, 0.2) is 54.7 Å². The lowest BCUT2D eigenvalue weighted by molar-refractivity contribution is 1.16. The van der Waals surface area contributed by atoms with Crippen molar-refractivity contribution in [3.63, 3.8) is 0 Å². The molecule has 1 nitrogen and oxygen atoms in total. The van der Waals surface area contributed by atoms with Crippen LogP contribution in [0.25, 0.3) is 22.4 Å². The van der Waals surface area contributed by atoms with Gasteiger partial charge in [0.15, 0.2) is 0 Å². The maximum absolute atomic E-state index is 4.67. The highest BCUT2D eigenvalue weighted by Gasteiger charge is 2.15. The number of benzene rings is 1. The lowest BCUT2D eigenvalue weighted by Crippen LogP contribution is -1.97. The summed E-state index contributed by atoms with van der Waals surface area (Å²) in [7, 11) is 0. The normalized spacial score (nSPS) is 12.5. The first-order chi connectivity index (χ1) is 11.8. The number of pyridine rings is 1. The van der Waals surface area contributed by atoms with E-state index in [1.165, 1.54) is 27.8 Å². The van der Waals surface area contributed by atoms with Gasteiger partial charge in [0.25, 0.3) is 0 Å². The molecule has 0 spiro atoms. The Hall–Kier alpha value is -2.15. The fraction of sp³-hybridized carbons (Fsp3) is 0.348. The summed E-state index contributed by atoms with van der Waals surface area (Å²) in [6, 6.07) is 12.9. The van der Waals surface area contributed by atoms with Crippen LogP contribution in [-0.2, 0) is 0 Å². The number of allylic oxidation sites excluding steroid dienone is 4. The predicted octanol–water partition coefficient (Wildman–Crippen LogP) is 7.16. The van der Waals surface area contributed by atoms with Crippen molar-refractivity contribution in [3.05, 3.63) is 65.9 Å². The van der Waals surface area contributed by atoms with E-state index < -0.39 is 0 Å². The standard InChI is InChI=1S/C23H29N/c1-5-12-18(7-3)20-14-11-15-21(19(8-4)13-6-2)23(20)22-16-9-10-17-24-22/h9-17H,5-8H2,1-4H3/b18-12+,19-13+. The molecule has 0 atom stereocenters. The fourth-order valence-electron chi connectivity index (χ4n) is 3.26. The lowest BCUT2D eigenvalue weighted by atomic mass is 9.87. The summed E-state index contributed by atoms with van der Waals surface area (Å²) < 4.78 is 0. The molecule has 1 aromatic heterocycles. The van der Waals surface area contributed by atoms with Crippen LogP contribution in [0.4, 0.5) is 0 Å². The molecule has 24 heavy (non-hydrogen) atoms. The Morgan fingerprint density at radius 1 is 0.792 bits per heavy atom. The molecule has 0 aliphatic rings. The topological polar surface area (TPSA) is 12.9 Å². The first kappa shape index (κ1) is 18.2. The highest BCUT2D eigenvalue weighted by molar-refractivity contribution is 5.89. The van der Waals surface area contributed by atoms with Crippen LogP contribution in [0.5, 0.6) is 0 Å². The van der Waals surface area contributed by atoms with Crippen LogP contribution in [0.2, 0.25) is 0 Å². The summed E-state index contributed by atoms with van der Waals surface area (Å²) in [6.45, 7) is 8.88. The van der Waals surface area contributed by atoms with Crippen molar-refractivity contribution >= 4 is 11.1 Å². The van der Waals surface area contributed by atoms with Crippen molar-refractivity contribution in [1.29, 1.82) is 0 Å². The van der Waals surface area contributed by atoms with Crippen molar-refractivity contribution < 1.29 is 0 Å². The van der Waals surface area contributed by atoms with Crippen LogP contribution < -0.4 is 0 Å². The van der Waals surface area contributed by atoms with Gasteiger partial charge in [0, 0.05) is 11.8 Å². The van der Waals surface area contributed by atoms with E-state index in [1.54, 1.807) is 0 Å². The minimum absolute atomic E-state index is 1.04. The third kappa shape index (κ3) is 4.03. The Morgan fingerprint density at radius 3 is 1.79 bits per heavy atom. The van der Waals surface area contributed by atoms with Gasteiger partial charge in [-0.05, 0) is 60.1 Å². The molecule has 1 heteroatoms. The predicted molar refractivity (Wildman–Crippen MR) is 107 cm³/mol. The van der Waals surface area contributed by atoms with E-state index in [0.29, 0.717) is 0 Å². The molecule has 2 aromatic rings. The third-order valence-electron chi connectivity index (χ3n) is 4.34. The zero-order valence-electron chi connectivity index (χ0n) is 15.5. The summed E-state index contributed by atoms with van der Waals surface area (Å²) in [5.41, 5.74) is 7.81. The number of rotatable bonds is 7. The second-order valence-electron chi connectivity index (χ2n) is 5.93. The van der Waals surface area contributed by atoms with Crippen LogP contribution in [-0.4, -0.2) is 4.98 Å². The van der Waals surface area contributed by atoms with E-state index in [0.717, 1.165) is 31.4 Å². The van der Waals surface area contributed by atoms with Gasteiger partial charge in [-0.15, -0.1) is 0 Å². The molecule has 2 rings (SSSR count). The molecule has 0 unspecified atom stereocenters. The van der Waals surface area contributed by atoms with E-state index in [4.69, 9.17) is 0 Å². The first-order valence-electron chi connectivity index (χ1n) is 9.19. The van der Waals surface area contributed by atoms with E-state index in [9.17, 15) is 0 Å². The maximum Gasteiger partial charge on any atom is 0.0714 e. The molecular formula is C23H29N. The van der Waals surface area contributed by atoms with Crippen LogP contribution in [0.3, 0.4) is 0 Å². The van der Waals surface area contributed by atoms with Gasteiger partial charge in [0.2, 0.25) is 0 Å². The number of nitrogens with zero attached hydrogens (tertiary/aromatic N) is 1. The molecule has 0 saturated heterocycles. The molecule has 126 valence electrons. The SMILES string of the molecule is CC/C=C(\CC)c1cccc(/C(=C/CC)CC)c1-c1ccccn1. The monoisotopic (exact) mass is 319 g/mol. The highest BCUT2D eigenvalue weighted by atomic mass is 14.7. The summed E-state index contributed by atoms with van der Waals surface area (Å²) >= 11 is 0. The van der Waals surface area contributed by atoms with Crippen LogP contribution in [0.1, 0.15) is 64.5 Å². The fourth-order valence-corrected chi connectivity index (χ4v) is 3.26. The van der Waals surface area contributed by atoms with Crippen LogP contribution in [0, 0.1) is 0 Å². The largest absolute Gasteiger partial charge is 0.256 e. The second kappa shape index (κ2) is 9.22. The van der Waals surface area contributed by atoms with Crippen LogP contribution >= 0.6 is 0 Å². The summed E-state index contributed by atoms with van der Waals surface area (Å²) in [4.78, 5) is 4.67. The molecule has 1 aromatic carbocycles. The summed E-state index contributed by atoms with van der Waals surface area (Å²) in [5.74, 6) is 0. The minimum Gasteiger partial charge on any atom is -0.256 e. The molecule has 1 heterocycles. The third-order valence-corrected chi connectivity index (χ3v) is 4.34. The van der Waals surface area contributed by atoms with Crippen molar-refractivity contribution in [2.24, 2.45) is 0 Å². The molecule has 0 saturated carbocycles. The van der Waals surface area contributed by atoms with Crippen molar-refractivity contribution in [2.75, 3.05) is 0 Å². The van der Waals surface area contributed by atoms with Gasteiger partial charge in [0.05, 0.1) is 5.69 Å². The summed E-state index contributed by atoms with van der Waals surface area (Å²) in [6.07, 6.45) is 10.8. The molecular weight excluding hydrogens is 290 g/mol. The second-order valence-corrected chi connectivity index (χ2v) is 5.93. The van der Waals surface area contributed by atoms with Gasteiger partial charge in [-0.3, -0.25) is 4.98 Å². The number of aromatic nitrogens is 1. The Balaban J connectivity index is 2.78. The molecule has 0 aliphatic heterocycles. The average molecular weight is 319 g/mol. The molecule has 0 radical (unpaired) electrons. The molecule has 0 aliphatic carbocycles. The lowest BCUT2D eigenvalue weighted by Gasteiger charge is -2.18. The van der Waals surface area contributed by atoms with E-state index in [1.807, 2.05) is 12.3 Å². The Bertz CT molecular complexity index is 668. The molecule has 0 N–H and O–H groups in total. The van der Waals surface area contributed by atoms with Crippen molar-refractivity contribution in [1.82, 2.24) is 4.98 Å². The molecule has 0 fully saturated rings. The molecule has 0 bridgehead atoms. The summed E-state index contributed by atoms with van der Waals surface area (Å²) in [5, 5.41) is 0. The van der Waals surface area contributed by atoms with Gasteiger partial charge in [-0.25, -0.2) is 0 Å². The highest BCUT2D eigenvalue weighted by Crippen LogP contribution is 2.37. The Kier molecular flexibility index (Phi) is 6.99. The molecule has 0 amide bonds. The van der Waals surface area contributed by atoms with Gasteiger partial charge < -0.3 is 0 Å². The first-order valence-corrected chi connectivity index (χ1v) is 9.19. The quantitative estimate of drug-likeness (QED) is 0.527. The van der Waals surface area contributed by atoms with E-state index in [-0.39, 0.29) is 0 Å². The smallest absolute Gasteiger partial charge is 0.0714 e. The number of hydrogen-bond donors (Lipinski definition) is 0. The minimum atomic E-state index is 1.04. The van der Waals surface area contributed by atoms with Gasteiger partial charge in [0.1, 0.15) is 0 Å².